The molecular formula is C28H51N6O8P. The van der Waals surface area contributed by atoms with Crippen LogP contribution in [0.2, 0.25) is 0 Å². The second-order valence-corrected chi connectivity index (χ2v) is 15.3. The van der Waals surface area contributed by atoms with Crippen LogP contribution in [-0.4, -0.2) is 153 Å². The SMILES string of the molecule is C=P(C)(C)CC[C@H]1O[C@@H](n2cnc3c(NCCCOCCOCCOCCOCCOCCCN)ncnc32)[C@H](O)[C@@H]1O. The van der Waals surface area contributed by atoms with E-state index in [2.05, 4.69) is 39.9 Å². The lowest BCUT2D eigenvalue weighted by molar-refractivity contribution is -0.0353. The maximum absolute atomic E-state index is 10.7. The summed E-state index contributed by atoms with van der Waals surface area (Å²) in [4.78, 5) is 13.1. The van der Waals surface area contributed by atoms with Gasteiger partial charge in [-0.05, 0) is 45.3 Å². The molecule has 0 spiro atoms. The van der Waals surface area contributed by atoms with Crippen molar-refractivity contribution in [3.05, 3.63) is 12.7 Å². The maximum atomic E-state index is 10.7. The summed E-state index contributed by atoms with van der Waals surface area (Å²) >= 11 is 0. The number of fused-ring (bicyclic) bond motifs is 1. The second-order valence-electron chi connectivity index (χ2n) is 11.0. The Hall–Kier alpha value is -1.71. The Kier molecular flexibility index (Phi) is 16.3. The number of hydrogen-bond acceptors (Lipinski definition) is 13. The average molecular weight is 631 g/mol. The third kappa shape index (κ3) is 12.7. The fraction of sp³-hybridized carbons (Fsp3) is 0.786. The van der Waals surface area contributed by atoms with Crippen molar-refractivity contribution in [3.8, 4) is 0 Å². The van der Waals surface area contributed by atoms with Gasteiger partial charge in [0.2, 0.25) is 0 Å². The molecule has 0 radical (unpaired) electrons. The molecule has 1 fully saturated rings. The number of aliphatic hydroxyl groups is 2. The van der Waals surface area contributed by atoms with Gasteiger partial charge >= 0.3 is 0 Å². The van der Waals surface area contributed by atoms with Crippen LogP contribution in [0.3, 0.4) is 0 Å². The van der Waals surface area contributed by atoms with Gasteiger partial charge in [0.15, 0.2) is 23.2 Å². The fourth-order valence-corrected chi connectivity index (χ4v) is 5.34. The van der Waals surface area contributed by atoms with Crippen molar-refractivity contribution in [1.82, 2.24) is 19.5 Å². The Morgan fingerprint density at radius 1 is 0.884 bits per heavy atom. The van der Waals surface area contributed by atoms with Gasteiger partial charge in [-0.2, -0.15) is 0 Å². The van der Waals surface area contributed by atoms with E-state index in [4.69, 9.17) is 34.2 Å². The smallest absolute Gasteiger partial charge is 0.167 e. The first-order valence-corrected chi connectivity index (χ1v) is 18.1. The van der Waals surface area contributed by atoms with Crippen molar-refractivity contribution in [1.29, 1.82) is 0 Å². The minimum Gasteiger partial charge on any atom is -0.388 e. The number of nitrogens with zero attached hydrogens (tertiary/aromatic N) is 4. The molecule has 3 heterocycles. The van der Waals surface area contributed by atoms with E-state index in [0.29, 0.717) is 103 Å². The Morgan fingerprint density at radius 2 is 1.47 bits per heavy atom. The third-order valence-electron chi connectivity index (χ3n) is 6.73. The number of aromatic nitrogens is 4. The van der Waals surface area contributed by atoms with E-state index >= 15 is 0 Å². The zero-order valence-corrected chi connectivity index (χ0v) is 26.5. The van der Waals surface area contributed by atoms with Crippen molar-refractivity contribution in [3.63, 3.8) is 0 Å². The van der Waals surface area contributed by atoms with Gasteiger partial charge in [-0.25, -0.2) is 15.0 Å². The van der Waals surface area contributed by atoms with E-state index in [1.165, 1.54) is 6.33 Å². The van der Waals surface area contributed by atoms with Crippen LogP contribution in [0.1, 0.15) is 25.5 Å². The number of rotatable bonds is 24. The molecule has 4 atom stereocenters. The summed E-state index contributed by atoms with van der Waals surface area (Å²) in [6.07, 6.45) is 7.04. The van der Waals surface area contributed by atoms with E-state index in [0.717, 1.165) is 19.0 Å². The Balaban J connectivity index is 1.25. The standard InChI is InChI=1S/C28H51N6O8P/c1-43(2,3)19-6-22-24(35)25(36)28(42-22)34-21-33-23-26(31-20-32-27(23)34)30-8-5-10-38-12-14-40-16-18-41-17-15-39-13-11-37-9-4-7-29/h20-22,24-25,28,35-36H,1,4-19,29H2,2-3H3,(H,30,31,32)/t22-,24-,25-,28-/m1/s1. The lowest BCUT2D eigenvalue weighted by Gasteiger charge is -2.18. The number of nitrogens with one attached hydrogen (secondary N) is 1. The summed E-state index contributed by atoms with van der Waals surface area (Å²) in [5.74, 6) is 0.585. The fourth-order valence-electron chi connectivity index (χ4n) is 4.39. The summed E-state index contributed by atoms with van der Waals surface area (Å²) in [7, 11) is 0. The molecular weight excluding hydrogens is 579 g/mol. The highest BCUT2D eigenvalue weighted by atomic mass is 31.2. The minimum atomic E-state index is -1.27. The number of anilines is 1. The number of aliphatic hydroxyl groups excluding tert-OH is 2. The zero-order valence-electron chi connectivity index (χ0n) is 25.6. The summed E-state index contributed by atoms with van der Waals surface area (Å²) in [6.45, 7) is 9.68. The van der Waals surface area contributed by atoms with Gasteiger partial charge in [-0.1, -0.05) is 0 Å². The topological polar surface area (TPSA) is 177 Å². The van der Waals surface area contributed by atoms with Gasteiger partial charge in [-0.15, -0.1) is 13.2 Å². The van der Waals surface area contributed by atoms with Crippen molar-refractivity contribution in [2.45, 2.75) is 43.8 Å². The highest BCUT2D eigenvalue weighted by Gasteiger charge is 2.44. The van der Waals surface area contributed by atoms with Crippen LogP contribution in [0, 0.1) is 0 Å². The molecule has 2 aromatic heterocycles. The van der Waals surface area contributed by atoms with Crippen LogP contribution in [0.4, 0.5) is 5.82 Å². The van der Waals surface area contributed by atoms with Crippen LogP contribution < -0.4 is 11.1 Å². The molecule has 1 aliphatic heterocycles. The molecule has 5 N–H and O–H groups in total. The first-order valence-electron chi connectivity index (χ1n) is 15.0. The largest absolute Gasteiger partial charge is 0.388 e. The quantitative estimate of drug-likeness (QED) is 0.0946. The monoisotopic (exact) mass is 630 g/mol. The predicted octanol–water partition coefficient (Wildman–Crippen LogP) is 0.779. The molecule has 0 aromatic carbocycles. The van der Waals surface area contributed by atoms with Gasteiger partial charge in [0.25, 0.3) is 0 Å². The van der Waals surface area contributed by atoms with Crippen molar-refractivity contribution >= 4 is 30.2 Å². The Morgan fingerprint density at radius 3 is 2.05 bits per heavy atom. The van der Waals surface area contributed by atoms with E-state index in [1.54, 1.807) is 10.9 Å². The third-order valence-corrected chi connectivity index (χ3v) is 8.20. The van der Waals surface area contributed by atoms with E-state index in [1.807, 2.05) is 0 Å². The van der Waals surface area contributed by atoms with Crippen molar-refractivity contribution in [2.75, 3.05) is 104 Å². The van der Waals surface area contributed by atoms with Gasteiger partial charge in [0.05, 0.1) is 65.3 Å². The first kappa shape index (κ1) is 35.8. The molecule has 246 valence electrons. The second kappa shape index (κ2) is 19.6. The Bertz CT molecular complexity index is 1090. The first-order chi connectivity index (χ1) is 20.8. The van der Waals surface area contributed by atoms with E-state index in [9.17, 15) is 10.2 Å². The van der Waals surface area contributed by atoms with E-state index < -0.39 is 31.4 Å². The van der Waals surface area contributed by atoms with Gasteiger partial charge in [0.1, 0.15) is 18.5 Å². The molecule has 0 unspecified atom stereocenters. The van der Waals surface area contributed by atoms with Crippen LogP contribution >= 0.6 is 6.89 Å². The van der Waals surface area contributed by atoms with Crippen molar-refractivity contribution < 1.29 is 38.6 Å². The summed E-state index contributed by atoms with van der Waals surface area (Å²) in [5.41, 5.74) is 6.49. The van der Waals surface area contributed by atoms with Crippen LogP contribution in [0.25, 0.3) is 11.2 Å². The zero-order chi connectivity index (χ0) is 30.9. The molecule has 0 aliphatic carbocycles. The van der Waals surface area contributed by atoms with Crippen LogP contribution in [0.15, 0.2) is 12.7 Å². The van der Waals surface area contributed by atoms with Crippen LogP contribution in [-0.2, 0) is 28.4 Å². The molecule has 2 aromatic rings. The normalized spacial score (nSPS) is 20.8. The summed E-state index contributed by atoms with van der Waals surface area (Å²) in [5, 5.41) is 24.6. The molecule has 3 rings (SSSR count). The number of nitrogens with two attached hydrogens (primary N) is 1. The number of imidazole rings is 1. The number of ether oxygens (including phenoxy) is 6. The highest BCUT2D eigenvalue weighted by Crippen LogP contribution is 2.40. The number of hydrogen-bond donors (Lipinski definition) is 4. The molecule has 14 nitrogen and oxygen atoms in total. The van der Waals surface area contributed by atoms with Gasteiger partial charge in [0, 0.05) is 19.8 Å². The lowest BCUT2D eigenvalue weighted by atomic mass is 10.1. The minimum absolute atomic E-state index is 0.468. The lowest BCUT2D eigenvalue weighted by Crippen LogP contribution is -2.31. The highest BCUT2D eigenvalue weighted by molar-refractivity contribution is 7.72. The van der Waals surface area contributed by atoms with Gasteiger partial charge in [-0.3, -0.25) is 4.57 Å². The molecule has 1 saturated heterocycles. The molecule has 1 aliphatic rings. The summed E-state index contributed by atoms with van der Waals surface area (Å²) in [6, 6.07) is 0. The molecule has 0 bridgehead atoms. The average Bonchev–Trinajstić information content (AvgIpc) is 3.53. The van der Waals surface area contributed by atoms with Crippen molar-refractivity contribution in [2.24, 2.45) is 5.73 Å². The molecule has 15 heteroatoms. The van der Waals surface area contributed by atoms with Crippen LogP contribution in [0.5, 0.6) is 0 Å². The molecule has 43 heavy (non-hydrogen) atoms. The van der Waals surface area contributed by atoms with Gasteiger partial charge < -0.3 is 49.7 Å². The molecule has 0 amide bonds. The predicted molar refractivity (Wildman–Crippen MR) is 167 cm³/mol. The molecule has 0 saturated carbocycles. The van der Waals surface area contributed by atoms with E-state index in [-0.39, 0.29) is 0 Å². The maximum Gasteiger partial charge on any atom is 0.167 e. The summed E-state index contributed by atoms with van der Waals surface area (Å²) < 4.78 is 35.1. The Labute approximate surface area is 254 Å².